The van der Waals surface area contributed by atoms with E-state index in [4.69, 9.17) is 17.0 Å². The number of rotatable bonds is 9. The van der Waals surface area contributed by atoms with E-state index in [1.54, 1.807) is 29.1 Å². The normalized spacial score (nSPS) is 19.1. The van der Waals surface area contributed by atoms with Crippen molar-refractivity contribution in [2.24, 2.45) is 5.92 Å². The van der Waals surface area contributed by atoms with Crippen LogP contribution in [0.15, 0.2) is 34.8 Å². The van der Waals surface area contributed by atoms with Crippen molar-refractivity contribution < 1.29 is 4.79 Å². The maximum absolute atomic E-state index is 12.9. The molecule has 2 aliphatic rings. The molecule has 1 atom stereocenters. The SMILES string of the molecule is CCN/C=C(\C=N)Nc1nc(S[C@@H]2CCCN(C(=O)/C(C#N)=C/C3CC3)C2)c2c(Cl)c[nH]c2n1. The molecule has 1 saturated heterocycles. The second-order valence-electron chi connectivity index (χ2n) is 8.30. The molecule has 4 rings (SSSR count). The van der Waals surface area contributed by atoms with Gasteiger partial charge < -0.3 is 25.9 Å². The third-order valence-electron chi connectivity index (χ3n) is 5.64. The lowest BCUT2D eigenvalue weighted by atomic mass is 10.1. The van der Waals surface area contributed by atoms with Crippen molar-refractivity contribution in [2.75, 3.05) is 25.0 Å². The molecule has 0 unspecified atom stereocenters. The van der Waals surface area contributed by atoms with E-state index in [-0.39, 0.29) is 16.7 Å². The van der Waals surface area contributed by atoms with Gasteiger partial charge in [0.1, 0.15) is 22.3 Å². The Morgan fingerprint density at radius 2 is 2.26 bits per heavy atom. The molecule has 2 fully saturated rings. The molecule has 9 nitrogen and oxygen atoms in total. The van der Waals surface area contributed by atoms with Gasteiger partial charge in [0.05, 0.1) is 16.1 Å². The number of hydrogen-bond acceptors (Lipinski definition) is 8. The summed E-state index contributed by atoms with van der Waals surface area (Å²) in [6.45, 7) is 3.88. The van der Waals surface area contributed by atoms with Crippen LogP contribution in [0.25, 0.3) is 11.0 Å². The van der Waals surface area contributed by atoms with Crippen LogP contribution in [-0.2, 0) is 4.79 Å². The summed E-state index contributed by atoms with van der Waals surface area (Å²) in [5, 5.41) is 25.3. The van der Waals surface area contributed by atoms with Gasteiger partial charge in [0.15, 0.2) is 0 Å². The molecule has 178 valence electrons. The highest BCUT2D eigenvalue weighted by Crippen LogP contribution is 2.37. The van der Waals surface area contributed by atoms with Gasteiger partial charge in [-0.15, -0.1) is 11.8 Å². The molecule has 34 heavy (non-hydrogen) atoms. The number of allylic oxidation sites excluding steroid dienone is 2. The predicted molar refractivity (Wildman–Crippen MR) is 135 cm³/mol. The van der Waals surface area contributed by atoms with Crippen LogP contribution in [0.3, 0.4) is 0 Å². The van der Waals surface area contributed by atoms with Crippen LogP contribution in [0.1, 0.15) is 32.6 Å². The minimum absolute atomic E-state index is 0.106. The summed E-state index contributed by atoms with van der Waals surface area (Å²) in [6, 6.07) is 2.09. The number of aromatic amines is 1. The van der Waals surface area contributed by atoms with E-state index in [2.05, 4.69) is 31.7 Å². The first kappa shape index (κ1) is 24.1. The van der Waals surface area contributed by atoms with Crippen molar-refractivity contribution in [1.29, 1.82) is 10.7 Å². The van der Waals surface area contributed by atoms with Gasteiger partial charge >= 0.3 is 0 Å². The molecule has 11 heteroatoms. The van der Waals surface area contributed by atoms with Crippen LogP contribution in [0, 0.1) is 22.7 Å². The zero-order chi connectivity index (χ0) is 24.1. The average Bonchev–Trinajstić information content (AvgIpc) is 3.60. The Bertz CT molecular complexity index is 1180. The van der Waals surface area contributed by atoms with Crippen LogP contribution in [0.2, 0.25) is 5.02 Å². The van der Waals surface area contributed by atoms with E-state index in [0.29, 0.717) is 46.3 Å². The molecule has 0 radical (unpaired) electrons. The number of halogens is 1. The number of nitrogens with one attached hydrogen (secondary N) is 4. The van der Waals surface area contributed by atoms with Gasteiger partial charge in [0, 0.05) is 43.5 Å². The first-order chi connectivity index (χ1) is 16.5. The highest BCUT2D eigenvalue weighted by atomic mass is 35.5. The quantitative estimate of drug-likeness (QED) is 0.177. The molecule has 1 aliphatic carbocycles. The fourth-order valence-corrected chi connectivity index (χ4v) is 5.37. The highest BCUT2D eigenvalue weighted by Gasteiger charge is 2.29. The van der Waals surface area contributed by atoms with Gasteiger partial charge in [-0.25, -0.2) is 4.98 Å². The van der Waals surface area contributed by atoms with Crippen molar-refractivity contribution in [3.63, 3.8) is 0 Å². The lowest BCUT2D eigenvalue weighted by Gasteiger charge is -2.32. The topological polar surface area (TPSA) is 134 Å². The van der Waals surface area contributed by atoms with Gasteiger partial charge in [-0.05, 0) is 38.5 Å². The van der Waals surface area contributed by atoms with Crippen LogP contribution in [0.5, 0.6) is 0 Å². The van der Waals surface area contributed by atoms with Crippen molar-refractivity contribution in [1.82, 2.24) is 25.2 Å². The first-order valence-electron chi connectivity index (χ1n) is 11.4. The largest absolute Gasteiger partial charge is 0.389 e. The molecular weight excluding hydrogens is 472 g/mol. The number of aromatic nitrogens is 3. The number of H-pyrrole nitrogens is 1. The smallest absolute Gasteiger partial charge is 0.264 e. The molecule has 1 aliphatic heterocycles. The Kier molecular flexibility index (Phi) is 7.75. The number of hydrogen-bond donors (Lipinski definition) is 4. The fourth-order valence-electron chi connectivity index (χ4n) is 3.76. The number of anilines is 1. The predicted octanol–water partition coefficient (Wildman–Crippen LogP) is 4.07. The van der Waals surface area contributed by atoms with Crippen molar-refractivity contribution >= 4 is 52.5 Å². The minimum atomic E-state index is -0.182. The standard InChI is InChI=1S/C23H27ClN8OS/c1-2-27-11-16(10-26)29-23-30-20-19(18(24)12-28-20)21(31-23)34-17-4-3-7-32(13-17)22(33)15(9-25)8-14-5-6-14/h8,10-12,14,17,26-27H,2-7,13H2,1H3,(H2,28,29,30,31)/b15-8+,16-11+,26-10?/t17-/m1/s1. The number of thioether (sulfide) groups is 1. The molecule has 0 aromatic carbocycles. The highest BCUT2D eigenvalue weighted by molar-refractivity contribution is 8.00. The third-order valence-corrected chi connectivity index (χ3v) is 7.18. The van der Waals surface area contributed by atoms with Gasteiger partial charge in [-0.3, -0.25) is 4.79 Å². The van der Waals surface area contributed by atoms with Gasteiger partial charge in [-0.1, -0.05) is 17.7 Å². The molecule has 3 heterocycles. The summed E-state index contributed by atoms with van der Waals surface area (Å²) in [4.78, 5) is 27.0. The molecule has 1 saturated carbocycles. The molecule has 1 amide bonds. The molecule has 2 aromatic heterocycles. The summed E-state index contributed by atoms with van der Waals surface area (Å²) in [5.74, 6) is 0.541. The molecule has 0 bridgehead atoms. The molecule has 0 spiro atoms. The van der Waals surface area contributed by atoms with Gasteiger partial charge in [-0.2, -0.15) is 10.2 Å². The van der Waals surface area contributed by atoms with Gasteiger partial charge in [0.25, 0.3) is 5.91 Å². The maximum Gasteiger partial charge on any atom is 0.264 e. The lowest BCUT2D eigenvalue weighted by Crippen LogP contribution is -2.41. The second kappa shape index (κ2) is 10.9. The number of nitrogens with zero attached hydrogens (tertiary/aromatic N) is 4. The number of likely N-dealkylation sites (tertiary alicyclic amines) is 1. The molecule has 2 aromatic rings. The average molecular weight is 499 g/mol. The van der Waals surface area contributed by atoms with Crippen LogP contribution in [0.4, 0.5) is 5.95 Å². The summed E-state index contributed by atoms with van der Waals surface area (Å²) in [5.41, 5.74) is 1.38. The Hall–Kier alpha value is -3.03. The van der Waals surface area contributed by atoms with Crippen molar-refractivity contribution in [2.45, 2.75) is 42.9 Å². The van der Waals surface area contributed by atoms with E-state index in [1.165, 1.54) is 6.21 Å². The van der Waals surface area contributed by atoms with Crippen molar-refractivity contribution in [3.8, 4) is 6.07 Å². The van der Waals surface area contributed by atoms with Crippen LogP contribution in [-0.4, -0.2) is 56.9 Å². The fraction of sp³-hybridized carbons (Fsp3) is 0.435. The zero-order valence-electron chi connectivity index (χ0n) is 18.9. The Balaban J connectivity index is 1.54. The van der Waals surface area contributed by atoms with E-state index in [9.17, 15) is 10.1 Å². The third kappa shape index (κ3) is 5.72. The van der Waals surface area contributed by atoms with Gasteiger partial charge in [0.2, 0.25) is 5.95 Å². The number of carbonyl (C=O) groups is 1. The number of carbonyl (C=O) groups excluding carboxylic acids is 1. The summed E-state index contributed by atoms with van der Waals surface area (Å²) in [6.07, 6.45) is 10.3. The number of amides is 1. The Morgan fingerprint density at radius 3 is 2.97 bits per heavy atom. The van der Waals surface area contributed by atoms with Crippen molar-refractivity contribution in [3.05, 3.63) is 34.8 Å². The lowest BCUT2D eigenvalue weighted by molar-refractivity contribution is -0.127. The maximum atomic E-state index is 12.9. The van der Waals surface area contributed by atoms with Crippen LogP contribution >= 0.6 is 23.4 Å². The van der Waals surface area contributed by atoms with E-state index < -0.39 is 0 Å². The number of nitriles is 1. The zero-order valence-corrected chi connectivity index (χ0v) is 20.5. The van der Waals surface area contributed by atoms with Crippen LogP contribution < -0.4 is 10.6 Å². The summed E-state index contributed by atoms with van der Waals surface area (Å²) < 4.78 is 0. The first-order valence-corrected chi connectivity index (χ1v) is 12.6. The van der Waals surface area contributed by atoms with E-state index in [0.717, 1.165) is 37.6 Å². The summed E-state index contributed by atoms with van der Waals surface area (Å²) in [7, 11) is 0. The van der Waals surface area contributed by atoms with E-state index in [1.807, 2.05) is 13.0 Å². The monoisotopic (exact) mass is 498 g/mol. The molecular formula is C23H27ClN8OS. The van der Waals surface area contributed by atoms with E-state index >= 15 is 0 Å². The second-order valence-corrected chi connectivity index (χ2v) is 10.00. The number of fused-ring (bicyclic) bond motifs is 1. The number of piperidine rings is 1. The Labute approximate surface area is 207 Å². The Morgan fingerprint density at radius 1 is 1.44 bits per heavy atom. The summed E-state index contributed by atoms with van der Waals surface area (Å²) >= 11 is 7.99. The molecule has 4 N–H and O–H groups in total. The minimum Gasteiger partial charge on any atom is -0.389 e.